The summed E-state index contributed by atoms with van der Waals surface area (Å²) < 4.78 is 0. The van der Waals surface area contributed by atoms with E-state index in [9.17, 15) is 4.79 Å². The Morgan fingerprint density at radius 1 is 1.57 bits per heavy atom. The van der Waals surface area contributed by atoms with E-state index >= 15 is 0 Å². The lowest BCUT2D eigenvalue weighted by molar-refractivity contribution is -0.140. The first-order chi connectivity index (χ1) is 2.64. The van der Waals surface area contributed by atoms with E-state index in [-0.39, 0.29) is 29.9 Å². The molecular formula is C4H9IO2. The second-order valence-corrected chi connectivity index (χ2v) is 1.49. The Hall–Kier alpha value is 0.200. The van der Waals surface area contributed by atoms with E-state index in [0.717, 1.165) is 0 Å². The standard InChI is InChI=1S/C4H8O2.HI/c1-3(2)4(5)6;/h3H,1-2H3,(H,5,6);1H. The molecule has 0 radical (unpaired) electrons. The summed E-state index contributed by atoms with van der Waals surface area (Å²) in [7, 11) is 0. The van der Waals surface area contributed by atoms with Gasteiger partial charge in [0.1, 0.15) is 0 Å². The Kier molecular flexibility index (Phi) is 6.38. The molecule has 0 aromatic rings. The van der Waals surface area contributed by atoms with Crippen molar-refractivity contribution in [2.45, 2.75) is 13.8 Å². The molecule has 0 amide bonds. The zero-order chi connectivity index (χ0) is 5.15. The van der Waals surface area contributed by atoms with Gasteiger partial charge in [-0.1, -0.05) is 13.8 Å². The predicted octanol–water partition coefficient (Wildman–Crippen LogP) is 1.34. The van der Waals surface area contributed by atoms with Crippen molar-refractivity contribution in [2.75, 3.05) is 0 Å². The normalized spacial score (nSPS) is 7.86. The van der Waals surface area contributed by atoms with Crippen LogP contribution >= 0.6 is 24.0 Å². The van der Waals surface area contributed by atoms with Gasteiger partial charge in [-0.05, 0) is 0 Å². The lowest BCUT2D eigenvalue weighted by Gasteiger charge is -1.89. The van der Waals surface area contributed by atoms with Gasteiger partial charge in [0, 0.05) is 0 Å². The molecule has 0 aliphatic heterocycles. The zero-order valence-corrected chi connectivity index (χ0v) is 6.67. The maximum absolute atomic E-state index is 9.70. The molecule has 0 aromatic carbocycles. The molecule has 2 nitrogen and oxygen atoms in total. The smallest absolute Gasteiger partial charge is 0.305 e. The summed E-state index contributed by atoms with van der Waals surface area (Å²) in [6, 6.07) is 0. The fourth-order valence-electron chi connectivity index (χ4n) is 0. The van der Waals surface area contributed by atoms with E-state index < -0.39 is 5.97 Å². The number of hydrogen-bond acceptors (Lipinski definition) is 1. The van der Waals surface area contributed by atoms with E-state index in [1.165, 1.54) is 0 Å². The van der Waals surface area contributed by atoms with Crippen molar-refractivity contribution in [1.29, 1.82) is 0 Å². The van der Waals surface area contributed by atoms with Crippen molar-refractivity contribution in [1.82, 2.24) is 0 Å². The second-order valence-electron chi connectivity index (χ2n) is 1.49. The van der Waals surface area contributed by atoms with Gasteiger partial charge in [0.25, 0.3) is 0 Å². The lowest BCUT2D eigenvalue weighted by atomic mass is 10.2. The predicted molar refractivity (Wildman–Crippen MR) is 37.9 cm³/mol. The fraction of sp³-hybridized carbons (Fsp3) is 0.750. The third kappa shape index (κ3) is 6.20. The van der Waals surface area contributed by atoms with Gasteiger partial charge in [-0.25, -0.2) is 0 Å². The van der Waals surface area contributed by atoms with Crippen molar-refractivity contribution in [3.63, 3.8) is 0 Å². The average Bonchev–Trinajstić information content (AvgIpc) is 1.36. The molecule has 0 saturated carbocycles. The number of hydrogen-bond donors (Lipinski definition) is 1. The minimum Gasteiger partial charge on any atom is -0.481 e. The van der Waals surface area contributed by atoms with Crippen molar-refractivity contribution >= 4 is 29.9 Å². The van der Waals surface area contributed by atoms with Gasteiger partial charge in [-0.2, -0.15) is 0 Å². The second kappa shape index (κ2) is 4.36. The molecule has 0 aliphatic carbocycles. The van der Waals surface area contributed by atoms with Crippen LogP contribution in [0, 0.1) is 5.92 Å². The summed E-state index contributed by atoms with van der Waals surface area (Å²) >= 11 is 0. The fourth-order valence-corrected chi connectivity index (χ4v) is 0. The summed E-state index contributed by atoms with van der Waals surface area (Å²) in [4.78, 5) is 9.70. The molecule has 0 bridgehead atoms. The number of carbonyl (C=O) groups is 1. The summed E-state index contributed by atoms with van der Waals surface area (Å²) in [5, 5.41) is 7.99. The van der Waals surface area contributed by atoms with Gasteiger partial charge in [-0.3, -0.25) is 4.79 Å². The molecule has 0 rings (SSSR count). The number of rotatable bonds is 1. The Labute approximate surface area is 59.9 Å². The molecule has 0 spiro atoms. The van der Waals surface area contributed by atoms with Crippen molar-refractivity contribution in [2.24, 2.45) is 5.92 Å². The molecule has 0 aliphatic rings. The average molecular weight is 216 g/mol. The van der Waals surface area contributed by atoms with Crippen LogP contribution in [0.2, 0.25) is 0 Å². The van der Waals surface area contributed by atoms with E-state index in [1.54, 1.807) is 13.8 Å². The first-order valence-corrected chi connectivity index (χ1v) is 1.87. The Morgan fingerprint density at radius 2 is 1.71 bits per heavy atom. The Balaban J connectivity index is 0. The van der Waals surface area contributed by atoms with Crippen molar-refractivity contribution in [3.8, 4) is 0 Å². The number of carboxylic acid groups (broad SMARTS) is 1. The first-order valence-electron chi connectivity index (χ1n) is 1.87. The maximum Gasteiger partial charge on any atom is 0.305 e. The highest BCUT2D eigenvalue weighted by Crippen LogP contribution is 1.87. The lowest BCUT2D eigenvalue weighted by Crippen LogP contribution is -2.03. The van der Waals surface area contributed by atoms with Gasteiger partial charge in [0.2, 0.25) is 0 Å². The van der Waals surface area contributed by atoms with Gasteiger partial charge in [0.05, 0.1) is 5.92 Å². The topological polar surface area (TPSA) is 37.3 Å². The third-order valence-electron chi connectivity index (χ3n) is 0.494. The van der Waals surface area contributed by atoms with E-state index in [0.29, 0.717) is 0 Å². The van der Waals surface area contributed by atoms with Gasteiger partial charge in [-0.15, -0.1) is 24.0 Å². The molecule has 0 unspecified atom stereocenters. The van der Waals surface area contributed by atoms with Crippen molar-refractivity contribution < 1.29 is 9.90 Å². The van der Waals surface area contributed by atoms with Crippen LogP contribution in [-0.2, 0) is 4.79 Å². The SMILES string of the molecule is CC(C)C(=O)O.I. The molecular weight excluding hydrogens is 207 g/mol. The molecule has 0 atom stereocenters. The molecule has 0 saturated heterocycles. The van der Waals surface area contributed by atoms with Crippen LogP contribution in [0.1, 0.15) is 13.8 Å². The summed E-state index contributed by atoms with van der Waals surface area (Å²) in [6.45, 7) is 3.28. The third-order valence-corrected chi connectivity index (χ3v) is 0.494. The molecule has 3 heteroatoms. The van der Waals surface area contributed by atoms with Crippen LogP contribution < -0.4 is 0 Å². The molecule has 0 fully saturated rings. The number of halogens is 1. The summed E-state index contributed by atoms with van der Waals surface area (Å²) in [5.41, 5.74) is 0. The Morgan fingerprint density at radius 3 is 1.71 bits per heavy atom. The zero-order valence-electron chi connectivity index (χ0n) is 4.34. The minimum atomic E-state index is -0.741. The highest BCUT2D eigenvalue weighted by Gasteiger charge is 1.99. The first kappa shape index (κ1) is 10.2. The van der Waals surface area contributed by atoms with E-state index in [2.05, 4.69) is 0 Å². The van der Waals surface area contributed by atoms with E-state index in [1.807, 2.05) is 0 Å². The largest absolute Gasteiger partial charge is 0.481 e. The van der Waals surface area contributed by atoms with Crippen LogP contribution in [0.15, 0.2) is 0 Å². The van der Waals surface area contributed by atoms with Gasteiger partial charge in [0.15, 0.2) is 0 Å². The number of carboxylic acids is 1. The molecule has 7 heavy (non-hydrogen) atoms. The minimum absolute atomic E-state index is 0. The molecule has 44 valence electrons. The summed E-state index contributed by atoms with van der Waals surface area (Å²) in [5.74, 6) is -0.972. The van der Waals surface area contributed by atoms with Gasteiger partial charge >= 0.3 is 5.97 Å². The summed E-state index contributed by atoms with van der Waals surface area (Å²) in [6.07, 6.45) is 0. The quantitative estimate of drug-likeness (QED) is 0.671. The molecule has 1 N–H and O–H groups in total. The highest BCUT2D eigenvalue weighted by molar-refractivity contribution is 14.0. The van der Waals surface area contributed by atoms with Crippen LogP contribution in [0.25, 0.3) is 0 Å². The van der Waals surface area contributed by atoms with Crippen LogP contribution in [0.4, 0.5) is 0 Å². The van der Waals surface area contributed by atoms with Crippen LogP contribution in [0.3, 0.4) is 0 Å². The maximum atomic E-state index is 9.70. The Bertz CT molecular complexity index is 60.7. The highest BCUT2D eigenvalue weighted by atomic mass is 127. The van der Waals surface area contributed by atoms with Gasteiger partial charge < -0.3 is 5.11 Å². The van der Waals surface area contributed by atoms with E-state index in [4.69, 9.17) is 5.11 Å². The monoisotopic (exact) mass is 216 g/mol. The number of aliphatic carboxylic acids is 1. The van der Waals surface area contributed by atoms with Crippen molar-refractivity contribution in [3.05, 3.63) is 0 Å². The van der Waals surface area contributed by atoms with Crippen LogP contribution in [0.5, 0.6) is 0 Å². The molecule has 0 heterocycles. The molecule has 0 aromatic heterocycles. The van der Waals surface area contributed by atoms with Crippen LogP contribution in [-0.4, -0.2) is 11.1 Å².